The molecule has 1 aliphatic rings. The molecule has 0 aromatic carbocycles. The number of ether oxygens (including phenoxy) is 2. The fourth-order valence-corrected chi connectivity index (χ4v) is 3.10. The number of methoxy groups -OCH3 is 2. The molecule has 1 atom stereocenters. The Kier molecular flexibility index (Phi) is 4.92. The van der Waals surface area contributed by atoms with E-state index in [1.807, 2.05) is 11.8 Å². The van der Waals surface area contributed by atoms with Crippen molar-refractivity contribution in [1.29, 1.82) is 0 Å². The maximum Gasteiger partial charge on any atom is 0.229 e. The molecule has 0 radical (unpaired) electrons. The third-order valence-corrected chi connectivity index (χ3v) is 4.26. The summed E-state index contributed by atoms with van der Waals surface area (Å²) in [6, 6.07) is 1.67. The van der Waals surface area contributed by atoms with Crippen molar-refractivity contribution < 1.29 is 9.47 Å². The molecule has 6 heteroatoms. The third-order valence-electron chi connectivity index (χ3n) is 2.86. The topological polar surface area (TPSA) is 56.3 Å². The van der Waals surface area contributed by atoms with Crippen LogP contribution in [0.25, 0.3) is 0 Å². The largest absolute Gasteiger partial charge is 0.481 e. The van der Waals surface area contributed by atoms with Crippen molar-refractivity contribution in [1.82, 2.24) is 9.97 Å². The maximum absolute atomic E-state index is 5.11. The normalized spacial score (nSPS) is 19.3. The number of hydrogen-bond acceptors (Lipinski definition) is 6. The smallest absolute Gasteiger partial charge is 0.229 e. The van der Waals surface area contributed by atoms with Gasteiger partial charge in [0.25, 0.3) is 0 Å². The number of hydrogen-bond donors (Lipinski definition) is 1. The number of nitrogens with one attached hydrogen (secondary N) is 1. The Bertz CT molecular complexity index is 361. The zero-order valence-electron chi connectivity index (χ0n) is 10.8. The Hall–Kier alpha value is -1.17. The molecule has 1 aromatic rings. The standard InChI is InChI=1S/C12H19N3O2S/c1-16-10-7-11(17-2)15-12(14-10)13-8-9-5-3-4-6-18-9/h7,9H,3-6,8H2,1-2H3,(H,13,14,15). The van der Waals surface area contributed by atoms with E-state index in [-0.39, 0.29) is 0 Å². The summed E-state index contributed by atoms with van der Waals surface area (Å²) < 4.78 is 10.2. The highest BCUT2D eigenvalue weighted by Gasteiger charge is 2.14. The quantitative estimate of drug-likeness (QED) is 0.884. The van der Waals surface area contributed by atoms with E-state index >= 15 is 0 Å². The molecule has 0 saturated carbocycles. The van der Waals surface area contributed by atoms with E-state index in [0.29, 0.717) is 23.0 Å². The highest BCUT2D eigenvalue weighted by molar-refractivity contribution is 7.99. The molecule has 0 spiro atoms. The molecule has 1 unspecified atom stereocenters. The Morgan fingerprint density at radius 1 is 1.28 bits per heavy atom. The van der Waals surface area contributed by atoms with E-state index in [2.05, 4.69) is 15.3 Å². The van der Waals surface area contributed by atoms with Crippen LogP contribution < -0.4 is 14.8 Å². The molecule has 2 rings (SSSR count). The molecule has 0 aliphatic carbocycles. The monoisotopic (exact) mass is 269 g/mol. The van der Waals surface area contributed by atoms with Gasteiger partial charge < -0.3 is 14.8 Å². The molecule has 1 saturated heterocycles. The van der Waals surface area contributed by atoms with Crippen LogP contribution in [0.1, 0.15) is 19.3 Å². The van der Waals surface area contributed by atoms with Crippen LogP contribution in [0, 0.1) is 0 Å². The van der Waals surface area contributed by atoms with Gasteiger partial charge in [-0.3, -0.25) is 0 Å². The Labute approximate surface area is 112 Å². The lowest BCUT2D eigenvalue weighted by atomic mass is 10.2. The SMILES string of the molecule is COc1cc(OC)nc(NCC2CCCCS2)n1. The zero-order chi connectivity index (χ0) is 12.8. The van der Waals surface area contributed by atoms with Crippen LogP contribution in [-0.4, -0.2) is 41.7 Å². The summed E-state index contributed by atoms with van der Waals surface area (Å²) in [6.07, 6.45) is 3.92. The van der Waals surface area contributed by atoms with Crippen LogP contribution in [0.15, 0.2) is 6.07 Å². The van der Waals surface area contributed by atoms with E-state index in [0.717, 1.165) is 6.54 Å². The molecular formula is C12H19N3O2S. The predicted molar refractivity (Wildman–Crippen MR) is 73.7 cm³/mol. The molecule has 0 bridgehead atoms. The number of aromatic nitrogens is 2. The number of nitrogens with zero attached hydrogens (tertiary/aromatic N) is 2. The minimum Gasteiger partial charge on any atom is -0.481 e. The van der Waals surface area contributed by atoms with Crippen LogP contribution in [0.4, 0.5) is 5.95 Å². The van der Waals surface area contributed by atoms with Gasteiger partial charge in [-0.25, -0.2) is 0 Å². The second-order valence-corrected chi connectivity index (χ2v) is 5.55. The molecule has 18 heavy (non-hydrogen) atoms. The lowest BCUT2D eigenvalue weighted by Gasteiger charge is -2.21. The highest BCUT2D eigenvalue weighted by Crippen LogP contribution is 2.25. The molecule has 1 aliphatic heterocycles. The van der Waals surface area contributed by atoms with Gasteiger partial charge >= 0.3 is 0 Å². The summed E-state index contributed by atoms with van der Waals surface area (Å²) >= 11 is 2.02. The van der Waals surface area contributed by atoms with E-state index in [1.165, 1.54) is 25.0 Å². The van der Waals surface area contributed by atoms with Gasteiger partial charge in [-0.15, -0.1) is 0 Å². The minimum atomic E-state index is 0.514. The summed E-state index contributed by atoms with van der Waals surface area (Å²) in [4.78, 5) is 8.50. The van der Waals surface area contributed by atoms with Gasteiger partial charge in [0.05, 0.1) is 20.3 Å². The molecule has 1 N–H and O–H groups in total. The van der Waals surface area contributed by atoms with Gasteiger partial charge in [0.15, 0.2) is 0 Å². The second kappa shape index (κ2) is 6.68. The molecule has 0 amide bonds. The highest BCUT2D eigenvalue weighted by atomic mass is 32.2. The molecule has 1 aromatic heterocycles. The molecule has 5 nitrogen and oxygen atoms in total. The fraction of sp³-hybridized carbons (Fsp3) is 0.667. The minimum absolute atomic E-state index is 0.514. The summed E-state index contributed by atoms with van der Waals surface area (Å²) in [5, 5.41) is 3.91. The number of anilines is 1. The Morgan fingerprint density at radius 2 is 2.00 bits per heavy atom. The van der Waals surface area contributed by atoms with Crippen molar-refractivity contribution in [2.24, 2.45) is 0 Å². The number of thioether (sulfide) groups is 1. The lowest BCUT2D eigenvalue weighted by molar-refractivity contribution is 0.373. The Morgan fingerprint density at radius 3 is 2.56 bits per heavy atom. The van der Waals surface area contributed by atoms with Gasteiger partial charge in [0, 0.05) is 11.8 Å². The van der Waals surface area contributed by atoms with Crippen LogP contribution in [-0.2, 0) is 0 Å². The summed E-state index contributed by atoms with van der Waals surface area (Å²) in [5.74, 6) is 2.85. The molecule has 1 fully saturated rings. The zero-order valence-corrected chi connectivity index (χ0v) is 11.6. The summed E-state index contributed by atoms with van der Waals surface area (Å²) in [7, 11) is 3.17. The van der Waals surface area contributed by atoms with Gasteiger partial charge in [-0.05, 0) is 18.6 Å². The fourth-order valence-electron chi connectivity index (χ4n) is 1.87. The van der Waals surface area contributed by atoms with E-state index in [4.69, 9.17) is 9.47 Å². The summed E-state index contributed by atoms with van der Waals surface area (Å²) in [5.41, 5.74) is 0. The Balaban J connectivity index is 1.94. The van der Waals surface area contributed by atoms with Crippen molar-refractivity contribution >= 4 is 17.7 Å². The van der Waals surface area contributed by atoms with Crippen molar-refractivity contribution in [2.75, 3.05) is 31.8 Å². The van der Waals surface area contributed by atoms with Gasteiger partial charge in [0.2, 0.25) is 17.7 Å². The maximum atomic E-state index is 5.11. The van der Waals surface area contributed by atoms with Crippen LogP contribution in [0.2, 0.25) is 0 Å². The first-order valence-corrected chi connectivity index (χ1v) is 7.19. The van der Waals surface area contributed by atoms with Gasteiger partial charge in [-0.1, -0.05) is 6.42 Å². The van der Waals surface area contributed by atoms with Crippen LogP contribution in [0.5, 0.6) is 11.8 Å². The van der Waals surface area contributed by atoms with Gasteiger partial charge in [-0.2, -0.15) is 21.7 Å². The first-order chi connectivity index (χ1) is 8.81. The van der Waals surface area contributed by atoms with Crippen molar-refractivity contribution in [2.45, 2.75) is 24.5 Å². The van der Waals surface area contributed by atoms with Crippen LogP contribution >= 0.6 is 11.8 Å². The molecule has 2 heterocycles. The average molecular weight is 269 g/mol. The van der Waals surface area contributed by atoms with E-state index < -0.39 is 0 Å². The first-order valence-electron chi connectivity index (χ1n) is 6.14. The van der Waals surface area contributed by atoms with Crippen molar-refractivity contribution in [3.63, 3.8) is 0 Å². The first kappa shape index (κ1) is 13.3. The molecular weight excluding hydrogens is 250 g/mol. The van der Waals surface area contributed by atoms with Gasteiger partial charge in [0.1, 0.15) is 0 Å². The lowest BCUT2D eigenvalue weighted by Crippen LogP contribution is -2.21. The second-order valence-electron chi connectivity index (χ2n) is 4.15. The van der Waals surface area contributed by atoms with Crippen molar-refractivity contribution in [3.8, 4) is 11.8 Å². The van der Waals surface area contributed by atoms with Crippen LogP contribution in [0.3, 0.4) is 0 Å². The summed E-state index contributed by atoms with van der Waals surface area (Å²) in [6.45, 7) is 0.890. The van der Waals surface area contributed by atoms with E-state index in [1.54, 1.807) is 20.3 Å². The molecule has 100 valence electrons. The average Bonchev–Trinajstić information content (AvgIpc) is 2.45. The third kappa shape index (κ3) is 3.66. The number of rotatable bonds is 5. The predicted octanol–water partition coefficient (Wildman–Crippen LogP) is 2.19. The van der Waals surface area contributed by atoms with Crippen molar-refractivity contribution in [3.05, 3.63) is 6.07 Å². The van der Waals surface area contributed by atoms with E-state index in [9.17, 15) is 0 Å².